The largest absolute Gasteiger partial charge is 0.478 e. The van der Waals surface area contributed by atoms with Crippen molar-refractivity contribution in [3.05, 3.63) is 42.0 Å². The molecular formula is C9H8O2Tl. The average Bonchev–Trinajstić information content (AvgIpc) is 2.03. The van der Waals surface area contributed by atoms with Gasteiger partial charge in [0.2, 0.25) is 0 Å². The zero-order valence-electron chi connectivity index (χ0n) is 6.47. The van der Waals surface area contributed by atoms with E-state index in [0.29, 0.717) is 0 Å². The van der Waals surface area contributed by atoms with Crippen LogP contribution in [0.3, 0.4) is 0 Å². The first-order valence-electron chi connectivity index (χ1n) is 3.25. The van der Waals surface area contributed by atoms with Gasteiger partial charge in [-0.05, 0) is 11.6 Å². The van der Waals surface area contributed by atoms with Crippen molar-refractivity contribution < 1.29 is 9.90 Å². The first-order chi connectivity index (χ1) is 5.29. The molecule has 1 radical (unpaired) electrons. The molecule has 1 aromatic carbocycles. The van der Waals surface area contributed by atoms with Gasteiger partial charge in [-0.25, -0.2) is 4.79 Å². The fourth-order valence-electron chi connectivity index (χ4n) is 0.732. The minimum atomic E-state index is -0.922. The maximum absolute atomic E-state index is 10.1. The van der Waals surface area contributed by atoms with Crippen molar-refractivity contribution in [2.45, 2.75) is 0 Å². The second kappa shape index (κ2) is 5.93. The van der Waals surface area contributed by atoms with Crippen molar-refractivity contribution >= 4 is 39.3 Å². The summed E-state index contributed by atoms with van der Waals surface area (Å²) in [4.78, 5) is 10.1. The molecule has 0 bridgehead atoms. The fourth-order valence-corrected chi connectivity index (χ4v) is 0.732. The van der Waals surface area contributed by atoms with Crippen LogP contribution in [0.2, 0.25) is 0 Å². The van der Waals surface area contributed by atoms with Crippen LogP contribution in [0, 0.1) is 0 Å². The summed E-state index contributed by atoms with van der Waals surface area (Å²) >= 11 is 0. The molecule has 1 aromatic rings. The van der Waals surface area contributed by atoms with E-state index in [4.69, 9.17) is 5.11 Å². The van der Waals surface area contributed by atoms with Gasteiger partial charge in [0.15, 0.2) is 0 Å². The average molecular weight is 353 g/mol. The summed E-state index contributed by atoms with van der Waals surface area (Å²) in [5, 5.41) is 8.29. The molecule has 0 heterocycles. The normalized spacial score (nSPS) is 9.33. The molecule has 59 valence electrons. The minimum absolute atomic E-state index is 0. The van der Waals surface area contributed by atoms with Gasteiger partial charge in [0.25, 0.3) is 0 Å². The molecule has 0 aliphatic rings. The summed E-state index contributed by atoms with van der Waals surface area (Å²) in [6.07, 6.45) is 2.68. The van der Waals surface area contributed by atoms with Crippen LogP contribution in [0.1, 0.15) is 5.56 Å². The molecule has 0 spiro atoms. The van der Waals surface area contributed by atoms with Gasteiger partial charge in [0, 0.05) is 33.4 Å². The molecule has 2 nitrogen and oxygen atoms in total. The van der Waals surface area contributed by atoms with E-state index in [2.05, 4.69) is 0 Å². The number of carboxylic acid groups (broad SMARTS) is 1. The smallest absolute Gasteiger partial charge is 0.328 e. The van der Waals surface area contributed by atoms with Crippen LogP contribution < -0.4 is 0 Å². The zero-order valence-corrected chi connectivity index (χ0v) is 11.0. The van der Waals surface area contributed by atoms with E-state index in [1.165, 1.54) is 0 Å². The van der Waals surface area contributed by atoms with E-state index < -0.39 is 5.97 Å². The van der Waals surface area contributed by atoms with Crippen molar-refractivity contribution in [3.8, 4) is 0 Å². The minimum Gasteiger partial charge on any atom is -0.478 e. The quantitative estimate of drug-likeness (QED) is 0.645. The van der Waals surface area contributed by atoms with Crippen molar-refractivity contribution in [1.29, 1.82) is 0 Å². The number of aliphatic carboxylic acids is 1. The van der Waals surface area contributed by atoms with Gasteiger partial charge in [-0.3, -0.25) is 0 Å². The Labute approximate surface area is 91.1 Å². The number of hydrogen-bond acceptors (Lipinski definition) is 1. The van der Waals surface area contributed by atoms with Crippen molar-refractivity contribution in [2.24, 2.45) is 0 Å². The Morgan fingerprint density at radius 1 is 1.25 bits per heavy atom. The third-order valence-corrected chi connectivity index (χ3v) is 1.22. The first kappa shape index (κ1) is 11.4. The van der Waals surface area contributed by atoms with E-state index in [1.807, 2.05) is 30.3 Å². The molecule has 0 unspecified atom stereocenters. The predicted molar refractivity (Wildman–Crippen MR) is 48.9 cm³/mol. The Hall–Kier alpha value is -0.648. The molecule has 0 amide bonds. The standard InChI is InChI=1S/C9H8O2.Tl/c10-9(11)7-6-8-4-2-1-3-5-8;/h1-7H,(H,10,11);. The van der Waals surface area contributed by atoms with Gasteiger partial charge >= 0.3 is 5.97 Å². The van der Waals surface area contributed by atoms with Crippen LogP contribution in [0.25, 0.3) is 6.08 Å². The Bertz CT molecular complexity index is 267. The van der Waals surface area contributed by atoms with E-state index in [0.717, 1.165) is 11.6 Å². The zero-order chi connectivity index (χ0) is 8.10. The molecule has 1 N–H and O–H groups in total. The van der Waals surface area contributed by atoms with E-state index >= 15 is 0 Å². The second-order valence-corrected chi connectivity index (χ2v) is 2.08. The number of rotatable bonds is 2. The molecule has 1 rings (SSSR count). The van der Waals surface area contributed by atoms with Gasteiger partial charge in [0.1, 0.15) is 0 Å². The van der Waals surface area contributed by atoms with Crippen molar-refractivity contribution in [3.63, 3.8) is 0 Å². The topological polar surface area (TPSA) is 37.3 Å². The summed E-state index contributed by atoms with van der Waals surface area (Å²) in [7, 11) is 0. The molecule has 12 heavy (non-hydrogen) atoms. The summed E-state index contributed by atoms with van der Waals surface area (Å²) in [5.74, 6) is -0.922. The molecule has 0 atom stereocenters. The van der Waals surface area contributed by atoms with E-state index in [-0.39, 0.29) is 27.3 Å². The first-order valence-corrected chi connectivity index (χ1v) is 3.25. The molecule has 0 aliphatic carbocycles. The summed E-state index contributed by atoms with van der Waals surface area (Å²) in [5.41, 5.74) is 0.898. The maximum atomic E-state index is 10.1. The third kappa shape index (κ3) is 4.28. The van der Waals surface area contributed by atoms with E-state index in [1.54, 1.807) is 6.08 Å². The van der Waals surface area contributed by atoms with Crippen molar-refractivity contribution in [1.82, 2.24) is 0 Å². The summed E-state index contributed by atoms with van der Waals surface area (Å²) in [6.45, 7) is 0. The Balaban J connectivity index is 0.00000121. The molecule has 0 aliphatic heterocycles. The fraction of sp³-hybridized carbons (Fsp3) is 0. The van der Waals surface area contributed by atoms with Crippen LogP contribution >= 0.6 is 0 Å². The predicted octanol–water partition coefficient (Wildman–Crippen LogP) is 1.40. The van der Waals surface area contributed by atoms with E-state index in [9.17, 15) is 4.79 Å². The Morgan fingerprint density at radius 2 is 1.83 bits per heavy atom. The van der Waals surface area contributed by atoms with Gasteiger partial charge < -0.3 is 5.11 Å². The molecular weight excluding hydrogens is 344 g/mol. The Morgan fingerprint density at radius 3 is 2.33 bits per heavy atom. The molecule has 0 saturated heterocycles. The van der Waals surface area contributed by atoms with Crippen LogP contribution in [0.15, 0.2) is 36.4 Å². The number of carboxylic acids is 1. The van der Waals surface area contributed by atoms with Gasteiger partial charge in [-0.1, -0.05) is 30.3 Å². The number of carbonyl (C=O) groups is 1. The number of hydrogen-bond donors (Lipinski definition) is 1. The SMILES string of the molecule is O=C(O)C=Cc1ccccc1.[Tl]. The van der Waals surface area contributed by atoms with Gasteiger partial charge in [-0.15, -0.1) is 0 Å². The molecule has 0 saturated carbocycles. The van der Waals surface area contributed by atoms with Crippen LogP contribution in [-0.4, -0.2) is 38.4 Å². The second-order valence-electron chi connectivity index (χ2n) is 2.08. The van der Waals surface area contributed by atoms with Crippen molar-refractivity contribution in [2.75, 3.05) is 0 Å². The number of benzene rings is 1. The summed E-state index contributed by atoms with van der Waals surface area (Å²) in [6, 6.07) is 9.31. The van der Waals surface area contributed by atoms with Gasteiger partial charge in [-0.2, -0.15) is 0 Å². The molecule has 0 fully saturated rings. The third-order valence-electron chi connectivity index (χ3n) is 1.22. The van der Waals surface area contributed by atoms with Crippen LogP contribution in [-0.2, 0) is 4.79 Å². The molecule has 0 aromatic heterocycles. The van der Waals surface area contributed by atoms with Crippen LogP contribution in [0.5, 0.6) is 0 Å². The molecule has 3 heteroatoms. The Kier molecular flexibility index (Phi) is 5.61. The van der Waals surface area contributed by atoms with Gasteiger partial charge in [0.05, 0.1) is 0 Å². The summed E-state index contributed by atoms with van der Waals surface area (Å²) < 4.78 is 0. The monoisotopic (exact) mass is 353 g/mol. The van der Waals surface area contributed by atoms with Crippen LogP contribution in [0.4, 0.5) is 0 Å². The maximum Gasteiger partial charge on any atom is 0.328 e.